The molecule has 0 aromatic carbocycles. The lowest BCUT2D eigenvalue weighted by molar-refractivity contribution is 0.154. The maximum atomic E-state index is 5.42. The summed E-state index contributed by atoms with van der Waals surface area (Å²) in [6.45, 7) is 11.8. The van der Waals surface area contributed by atoms with Gasteiger partial charge < -0.3 is 15.0 Å². The van der Waals surface area contributed by atoms with Gasteiger partial charge in [0.05, 0.1) is 12.3 Å². The van der Waals surface area contributed by atoms with Crippen LogP contribution < -0.4 is 10.2 Å². The van der Waals surface area contributed by atoms with E-state index in [1.807, 2.05) is 14.0 Å². The van der Waals surface area contributed by atoms with Crippen LogP contribution in [0.15, 0.2) is 0 Å². The lowest BCUT2D eigenvalue weighted by Crippen LogP contribution is -2.27. The lowest BCUT2D eigenvalue weighted by Gasteiger charge is -2.19. The van der Waals surface area contributed by atoms with E-state index in [2.05, 4.69) is 36.0 Å². The van der Waals surface area contributed by atoms with Gasteiger partial charge in [0, 0.05) is 30.6 Å². The number of aromatic nitrogens is 1. The van der Waals surface area contributed by atoms with E-state index in [0.717, 1.165) is 37.1 Å². The van der Waals surface area contributed by atoms with Crippen LogP contribution in [0.1, 0.15) is 37.4 Å². The fourth-order valence-electron chi connectivity index (χ4n) is 1.77. The summed E-state index contributed by atoms with van der Waals surface area (Å²) < 4.78 is 5.42. The first-order valence-corrected chi connectivity index (χ1v) is 7.42. The average Bonchev–Trinajstić information content (AvgIpc) is 2.76. The molecule has 1 aromatic heterocycles. The molecule has 0 saturated heterocycles. The molecule has 104 valence electrons. The highest BCUT2D eigenvalue weighted by Gasteiger charge is 2.16. The number of rotatable bonds is 8. The third-order valence-corrected chi connectivity index (χ3v) is 4.41. The first-order valence-electron chi connectivity index (χ1n) is 6.61. The Morgan fingerprint density at radius 3 is 2.72 bits per heavy atom. The van der Waals surface area contributed by atoms with Gasteiger partial charge in [-0.2, -0.15) is 0 Å². The van der Waals surface area contributed by atoms with E-state index in [9.17, 15) is 0 Å². The van der Waals surface area contributed by atoms with E-state index in [0.29, 0.717) is 6.04 Å². The van der Waals surface area contributed by atoms with Crippen LogP contribution >= 0.6 is 11.3 Å². The monoisotopic (exact) mass is 271 g/mol. The summed E-state index contributed by atoms with van der Waals surface area (Å²) in [6, 6.07) is 0.363. The Bertz CT molecular complexity index is 354. The molecule has 0 saturated carbocycles. The molecule has 0 aliphatic rings. The largest absolute Gasteiger partial charge is 0.380 e. The number of aryl methyl sites for hydroxylation is 1. The number of thiazole rings is 1. The van der Waals surface area contributed by atoms with Crippen LogP contribution in [0.25, 0.3) is 0 Å². The Labute approximate surface area is 114 Å². The molecule has 1 atom stereocenters. The standard InChI is InChI=1S/C13H25N3OS/c1-6-16(8-9-17-7-2)13-15-11(4)12(18-13)10(3)14-5/h10,14H,6-9H2,1-5H3. The average molecular weight is 271 g/mol. The zero-order chi connectivity index (χ0) is 13.5. The fourth-order valence-corrected chi connectivity index (χ4v) is 2.99. The van der Waals surface area contributed by atoms with Crippen molar-refractivity contribution in [2.24, 2.45) is 0 Å². The van der Waals surface area contributed by atoms with Crippen LogP contribution in [-0.2, 0) is 4.74 Å². The summed E-state index contributed by atoms with van der Waals surface area (Å²) in [5.74, 6) is 0. The number of nitrogens with one attached hydrogen (secondary N) is 1. The van der Waals surface area contributed by atoms with E-state index in [1.165, 1.54) is 4.88 Å². The van der Waals surface area contributed by atoms with E-state index in [4.69, 9.17) is 4.74 Å². The van der Waals surface area contributed by atoms with Crippen LogP contribution in [0.2, 0.25) is 0 Å². The SMILES string of the molecule is CCOCCN(CC)c1nc(C)c(C(C)NC)s1. The van der Waals surface area contributed by atoms with Gasteiger partial charge in [0.1, 0.15) is 0 Å². The summed E-state index contributed by atoms with van der Waals surface area (Å²) in [4.78, 5) is 8.28. The maximum absolute atomic E-state index is 5.42. The molecule has 1 aromatic rings. The Morgan fingerprint density at radius 2 is 2.17 bits per heavy atom. The van der Waals surface area contributed by atoms with Gasteiger partial charge in [-0.1, -0.05) is 0 Å². The number of hydrogen-bond donors (Lipinski definition) is 1. The molecule has 18 heavy (non-hydrogen) atoms. The molecule has 1 N–H and O–H groups in total. The van der Waals surface area contributed by atoms with Crippen molar-refractivity contribution in [2.45, 2.75) is 33.7 Å². The maximum Gasteiger partial charge on any atom is 0.185 e. The summed E-state index contributed by atoms with van der Waals surface area (Å²) in [5, 5.41) is 4.38. The molecule has 0 aliphatic heterocycles. The lowest BCUT2D eigenvalue weighted by atomic mass is 10.2. The zero-order valence-electron chi connectivity index (χ0n) is 12.1. The molecule has 0 aliphatic carbocycles. The van der Waals surface area contributed by atoms with Crippen molar-refractivity contribution in [3.8, 4) is 0 Å². The highest BCUT2D eigenvalue weighted by molar-refractivity contribution is 7.15. The number of anilines is 1. The number of nitrogens with zero attached hydrogens (tertiary/aromatic N) is 2. The van der Waals surface area contributed by atoms with Gasteiger partial charge in [-0.15, -0.1) is 11.3 Å². The van der Waals surface area contributed by atoms with Crippen LogP contribution in [0.5, 0.6) is 0 Å². The minimum atomic E-state index is 0.363. The Kier molecular flexibility index (Phi) is 6.60. The molecular weight excluding hydrogens is 246 g/mol. The Balaban J connectivity index is 2.74. The zero-order valence-corrected chi connectivity index (χ0v) is 12.9. The minimum Gasteiger partial charge on any atom is -0.380 e. The molecule has 5 heteroatoms. The van der Waals surface area contributed by atoms with Gasteiger partial charge in [0.2, 0.25) is 0 Å². The van der Waals surface area contributed by atoms with Crippen molar-refractivity contribution < 1.29 is 4.74 Å². The van der Waals surface area contributed by atoms with Crippen molar-refractivity contribution >= 4 is 16.5 Å². The van der Waals surface area contributed by atoms with Gasteiger partial charge in [-0.25, -0.2) is 4.98 Å². The van der Waals surface area contributed by atoms with Gasteiger partial charge >= 0.3 is 0 Å². The Hall–Kier alpha value is -0.650. The number of hydrogen-bond acceptors (Lipinski definition) is 5. The molecule has 0 spiro atoms. The van der Waals surface area contributed by atoms with Crippen LogP contribution in [0.3, 0.4) is 0 Å². The summed E-state index contributed by atoms with van der Waals surface area (Å²) in [5.41, 5.74) is 1.13. The van der Waals surface area contributed by atoms with Crippen molar-refractivity contribution in [3.05, 3.63) is 10.6 Å². The van der Waals surface area contributed by atoms with Crippen LogP contribution in [0.4, 0.5) is 5.13 Å². The smallest absolute Gasteiger partial charge is 0.185 e. The molecule has 1 unspecified atom stereocenters. The predicted octanol–water partition coefficient (Wildman–Crippen LogP) is 2.59. The molecule has 0 bridgehead atoms. The molecular formula is C13H25N3OS. The number of ether oxygens (including phenoxy) is 1. The fraction of sp³-hybridized carbons (Fsp3) is 0.769. The van der Waals surface area contributed by atoms with Gasteiger partial charge in [0.15, 0.2) is 5.13 Å². The summed E-state index contributed by atoms with van der Waals surface area (Å²) in [6.07, 6.45) is 0. The second-order valence-corrected chi connectivity index (χ2v) is 5.24. The number of likely N-dealkylation sites (N-methyl/N-ethyl adjacent to an activating group) is 1. The normalized spacial score (nSPS) is 12.7. The molecule has 0 fully saturated rings. The van der Waals surface area contributed by atoms with E-state index < -0.39 is 0 Å². The van der Waals surface area contributed by atoms with E-state index in [-0.39, 0.29) is 0 Å². The van der Waals surface area contributed by atoms with Crippen LogP contribution in [-0.4, -0.2) is 38.3 Å². The summed E-state index contributed by atoms with van der Waals surface area (Å²) in [7, 11) is 1.98. The molecule has 0 radical (unpaired) electrons. The van der Waals surface area contributed by atoms with E-state index in [1.54, 1.807) is 11.3 Å². The second-order valence-electron chi connectivity index (χ2n) is 4.23. The van der Waals surface area contributed by atoms with Crippen molar-refractivity contribution in [3.63, 3.8) is 0 Å². The highest BCUT2D eigenvalue weighted by atomic mass is 32.1. The van der Waals surface area contributed by atoms with Gasteiger partial charge in [-0.3, -0.25) is 0 Å². The first-order chi connectivity index (χ1) is 8.63. The van der Waals surface area contributed by atoms with E-state index >= 15 is 0 Å². The van der Waals surface area contributed by atoms with Crippen molar-refractivity contribution in [1.82, 2.24) is 10.3 Å². The predicted molar refractivity (Wildman–Crippen MR) is 78.7 cm³/mol. The third-order valence-electron chi connectivity index (χ3n) is 3.01. The summed E-state index contributed by atoms with van der Waals surface area (Å²) >= 11 is 1.78. The first kappa shape index (κ1) is 15.4. The van der Waals surface area contributed by atoms with Crippen molar-refractivity contribution in [2.75, 3.05) is 38.3 Å². The third kappa shape index (κ3) is 3.93. The molecule has 1 heterocycles. The Morgan fingerprint density at radius 1 is 1.44 bits per heavy atom. The topological polar surface area (TPSA) is 37.4 Å². The minimum absolute atomic E-state index is 0.363. The highest BCUT2D eigenvalue weighted by Crippen LogP contribution is 2.30. The quantitative estimate of drug-likeness (QED) is 0.738. The molecule has 4 nitrogen and oxygen atoms in total. The van der Waals surface area contributed by atoms with Gasteiger partial charge in [-0.05, 0) is 34.7 Å². The van der Waals surface area contributed by atoms with Crippen molar-refractivity contribution in [1.29, 1.82) is 0 Å². The van der Waals surface area contributed by atoms with Gasteiger partial charge in [0.25, 0.3) is 0 Å². The van der Waals surface area contributed by atoms with Crippen LogP contribution in [0, 0.1) is 6.92 Å². The second kappa shape index (κ2) is 7.71. The molecule has 0 amide bonds. The molecule has 1 rings (SSSR count).